The number of urea groups is 1. The van der Waals surface area contributed by atoms with Crippen molar-refractivity contribution in [2.45, 2.75) is 25.7 Å². The van der Waals surface area contributed by atoms with Crippen LogP contribution in [0.3, 0.4) is 0 Å². The number of nitrogens with one attached hydrogen (secondary N) is 2. The van der Waals surface area contributed by atoms with Gasteiger partial charge in [0, 0.05) is 30.5 Å². The van der Waals surface area contributed by atoms with Gasteiger partial charge in [-0.1, -0.05) is 12.5 Å². The van der Waals surface area contributed by atoms with Crippen molar-refractivity contribution >= 4 is 11.7 Å². The molecule has 3 aromatic rings. The summed E-state index contributed by atoms with van der Waals surface area (Å²) >= 11 is 0. The van der Waals surface area contributed by atoms with Gasteiger partial charge in [0.2, 0.25) is 0 Å². The molecule has 7 heteroatoms. The highest BCUT2D eigenvalue weighted by Crippen LogP contribution is 2.19. The molecule has 0 atom stereocenters. The fourth-order valence-electron chi connectivity index (χ4n) is 3.09. The van der Waals surface area contributed by atoms with Crippen LogP contribution < -0.4 is 5.32 Å². The molecule has 0 radical (unpaired) electrons. The molecule has 0 unspecified atom stereocenters. The number of aryl methyl sites for hydroxylation is 1. The van der Waals surface area contributed by atoms with Gasteiger partial charge in [-0.3, -0.25) is 5.10 Å². The van der Waals surface area contributed by atoms with Crippen LogP contribution in [-0.2, 0) is 6.42 Å². The Labute approximate surface area is 175 Å². The lowest BCUT2D eigenvalue weighted by molar-refractivity contribution is 0.221. The third kappa shape index (κ3) is 5.92. The predicted molar refractivity (Wildman–Crippen MR) is 114 cm³/mol. The van der Waals surface area contributed by atoms with Crippen molar-refractivity contribution in [2.75, 3.05) is 18.9 Å². The average Bonchev–Trinajstić information content (AvgIpc) is 3.23. The van der Waals surface area contributed by atoms with Gasteiger partial charge in [0.1, 0.15) is 5.82 Å². The van der Waals surface area contributed by atoms with E-state index in [1.54, 1.807) is 48.3 Å². The monoisotopic (exact) mass is 405 g/mol. The zero-order chi connectivity index (χ0) is 21.3. The Kier molecular flexibility index (Phi) is 7.17. The molecule has 0 bridgehead atoms. The van der Waals surface area contributed by atoms with Crippen LogP contribution in [0.1, 0.15) is 30.5 Å². The summed E-state index contributed by atoms with van der Waals surface area (Å²) < 4.78 is 13.0. The van der Waals surface area contributed by atoms with Crippen molar-refractivity contribution in [1.29, 1.82) is 5.26 Å². The van der Waals surface area contributed by atoms with Crippen molar-refractivity contribution in [3.8, 4) is 17.3 Å². The average molecular weight is 405 g/mol. The maximum absolute atomic E-state index is 13.0. The summed E-state index contributed by atoms with van der Waals surface area (Å²) in [5.74, 6) is -0.260. The molecule has 0 saturated heterocycles. The van der Waals surface area contributed by atoms with Crippen LogP contribution >= 0.6 is 0 Å². The normalized spacial score (nSPS) is 10.4. The summed E-state index contributed by atoms with van der Waals surface area (Å²) in [6, 6.07) is 17.0. The molecule has 0 aliphatic rings. The molecule has 6 nitrogen and oxygen atoms in total. The third-order valence-electron chi connectivity index (χ3n) is 4.80. The van der Waals surface area contributed by atoms with Gasteiger partial charge >= 0.3 is 6.03 Å². The molecule has 2 aromatic carbocycles. The number of hydrogen-bond donors (Lipinski definition) is 2. The number of halogens is 1. The highest BCUT2D eigenvalue weighted by Gasteiger charge is 2.09. The first-order chi connectivity index (χ1) is 14.5. The lowest BCUT2D eigenvalue weighted by Gasteiger charge is -2.18. The van der Waals surface area contributed by atoms with E-state index < -0.39 is 0 Å². The Morgan fingerprint density at radius 3 is 2.73 bits per heavy atom. The summed E-state index contributed by atoms with van der Waals surface area (Å²) in [5, 5.41) is 19.1. The lowest BCUT2D eigenvalue weighted by Crippen LogP contribution is -2.32. The molecule has 0 aliphatic heterocycles. The number of unbranched alkanes of at least 4 members (excludes halogenated alkanes) is 2. The molecule has 2 N–H and O–H groups in total. The maximum Gasteiger partial charge on any atom is 0.321 e. The van der Waals surface area contributed by atoms with Crippen LogP contribution in [0.5, 0.6) is 0 Å². The van der Waals surface area contributed by atoms with Gasteiger partial charge in [0.15, 0.2) is 0 Å². The van der Waals surface area contributed by atoms with E-state index >= 15 is 0 Å². The topological polar surface area (TPSA) is 84.8 Å². The summed E-state index contributed by atoms with van der Waals surface area (Å²) in [6.45, 7) is 0.646. The second-order valence-electron chi connectivity index (χ2n) is 7.14. The highest BCUT2D eigenvalue weighted by atomic mass is 19.1. The number of hydrogen-bond acceptors (Lipinski definition) is 3. The molecule has 154 valence electrons. The first-order valence-corrected chi connectivity index (χ1v) is 9.87. The van der Waals surface area contributed by atoms with Crippen LogP contribution in [-0.4, -0.2) is 34.7 Å². The molecular weight excluding hydrogens is 381 g/mol. The van der Waals surface area contributed by atoms with Gasteiger partial charge in [-0.25, -0.2) is 9.18 Å². The van der Waals surface area contributed by atoms with Crippen LogP contribution in [0.15, 0.2) is 54.6 Å². The lowest BCUT2D eigenvalue weighted by atomic mass is 10.1. The number of aromatic nitrogens is 2. The minimum absolute atomic E-state index is 0.192. The zero-order valence-electron chi connectivity index (χ0n) is 16.9. The summed E-state index contributed by atoms with van der Waals surface area (Å²) in [5.41, 5.74) is 3.85. The number of nitriles is 1. The molecule has 0 saturated carbocycles. The highest BCUT2D eigenvalue weighted by molar-refractivity contribution is 5.89. The van der Waals surface area contributed by atoms with Crippen LogP contribution in [0.4, 0.5) is 14.9 Å². The minimum Gasteiger partial charge on any atom is -0.328 e. The van der Waals surface area contributed by atoms with Gasteiger partial charge < -0.3 is 10.2 Å². The van der Waals surface area contributed by atoms with Gasteiger partial charge in [0.05, 0.1) is 17.3 Å². The van der Waals surface area contributed by atoms with E-state index in [2.05, 4.69) is 21.6 Å². The predicted octanol–water partition coefficient (Wildman–Crippen LogP) is 4.96. The molecule has 0 spiro atoms. The van der Waals surface area contributed by atoms with Crippen molar-refractivity contribution < 1.29 is 9.18 Å². The van der Waals surface area contributed by atoms with Gasteiger partial charge in [-0.15, -0.1) is 0 Å². The number of carbonyl (C=O) groups excluding carboxylic acids is 1. The molecule has 1 heterocycles. The van der Waals surface area contributed by atoms with Gasteiger partial charge in [0.25, 0.3) is 0 Å². The number of nitrogens with zero attached hydrogens (tertiary/aromatic N) is 3. The second-order valence-corrected chi connectivity index (χ2v) is 7.14. The van der Waals surface area contributed by atoms with Crippen LogP contribution in [0, 0.1) is 17.1 Å². The van der Waals surface area contributed by atoms with Gasteiger partial charge in [-0.05, 0) is 67.8 Å². The molecule has 1 aromatic heterocycles. The second kappa shape index (κ2) is 10.2. The Morgan fingerprint density at radius 1 is 1.17 bits per heavy atom. The number of anilines is 1. The fraction of sp³-hybridized carbons (Fsp3) is 0.261. The quantitative estimate of drug-likeness (QED) is 0.519. The minimum atomic E-state index is -0.260. The van der Waals surface area contributed by atoms with Crippen LogP contribution in [0.2, 0.25) is 0 Å². The molecule has 2 amide bonds. The fourth-order valence-corrected chi connectivity index (χ4v) is 3.09. The van der Waals surface area contributed by atoms with E-state index in [0.29, 0.717) is 17.8 Å². The molecule has 0 aliphatic carbocycles. The smallest absolute Gasteiger partial charge is 0.321 e. The van der Waals surface area contributed by atoms with Crippen molar-refractivity contribution in [2.24, 2.45) is 0 Å². The summed E-state index contributed by atoms with van der Waals surface area (Å²) in [7, 11) is 1.76. The molecular formula is C23H24FN5O. The summed E-state index contributed by atoms with van der Waals surface area (Å²) in [4.78, 5) is 13.9. The number of H-pyrrole nitrogens is 1. The Hall–Kier alpha value is -3.66. The number of aromatic amines is 1. The van der Waals surface area contributed by atoms with Crippen molar-refractivity contribution in [3.63, 3.8) is 0 Å². The van der Waals surface area contributed by atoms with E-state index in [0.717, 1.165) is 42.6 Å². The third-order valence-corrected chi connectivity index (χ3v) is 4.80. The number of amides is 2. The molecule has 0 fully saturated rings. The van der Waals surface area contributed by atoms with E-state index in [4.69, 9.17) is 5.26 Å². The maximum atomic E-state index is 13.0. The van der Waals surface area contributed by atoms with Gasteiger partial charge in [-0.2, -0.15) is 10.4 Å². The van der Waals surface area contributed by atoms with Crippen LogP contribution in [0.25, 0.3) is 11.3 Å². The first-order valence-electron chi connectivity index (χ1n) is 9.87. The molecule has 3 rings (SSSR count). The first kappa shape index (κ1) is 21.1. The largest absolute Gasteiger partial charge is 0.328 e. The zero-order valence-corrected chi connectivity index (χ0v) is 16.9. The van der Waals surface area contributed by atoms with E-state index in [-0.39, 0.29) is 11.8 Å². The van der Waals surface area contributed by atoms with E-state index in [1.807, 2.05) is 6.07 Å². The Morgan fingerprint density at radius 2 is 1.97 bits per heavy atom. The number of carbonyl (C=O) groups is 1. The SMILES string of the molecule is CN(CCCCCc1cc(-c2ccc(F)cc2)n[nH]1)C(=O)Nc1cccc(C#N)c1. The number of rotatable bonds is 8. The van der Waals surface area contributed by atoms with Crippen molar-refractivity contribution in [1.82, 2.24) is 15.1 Å². The number of benzene rings is 2. The molecule has 30 heavy (non-hydrogen) atoms. The standard InChI is InChI=1S/C23H24FN5O/c1-29(23(30)26-20-8-5-6-17(14-20)16-25)13-4-2-3-7-21-15-22(28-27-21)18-9-11-19(24)12-10-18/h5-6,8-12,14-15H,2-4,7,13H2,1H3,(H,26,30)(H,27,28). The Bertz CT molecular complexity index is 1020. The van der Waals surface area contributed by atoms with E-state index in [9.17, 15) is 9.18 Å². The summed E-state index contributed by atoms with van der Waals surface area (Å²) in [6.07, 6.45) is 3.71. The van der Waals surface area contributed by atoms with Crippen molar-refractivity contribution in [3.05, 3.63) is 71.7 Å². The Balaban J connectivity index is 1.37. The van der Waals surface area contributed by atoms with E-state index in [1.165, 1.54) is 12.1 Å².